The van der Waals surface area contributed by atoms with Gasteiger partial charge in [-0.15, -0.1) is 0 Å². The third kappa shape index (κ3) is 3.08. The van der Waals surface area contributed by atoms with E-state index in [0.717, 1.165) is 17.5 Å². The molecule has 3 aliphatic carbocycles. The lowest BCUT2D eigenvalue weighted by molar-refractivity contribution is 0.0712. The minimum atomic E-state index is -4.19. The monoisotopic (exact) mass is 394 g/mol. The highest BCUT2D eigenvalue weighted by Crippen LogP contribution is 2.61. The minimum Gasteiger partial charge on any atom is -0.493 e. The molecular weight excluding hydrogens is 368 g/mol. The van der Waals surface area contributed by atoms with Crippen LogP contribution < -0.4 is 14.1 Å². The highest BCUT2D eigenvalue weighted by molar-refractivity contribution is 7.84. The molecule has 0 bridgehead atoms. The summed E-state index contributed by atoms with van der Waals surface area (Å²) < 4.78 is 33.1. The van der Waals surface area contributed by atoms with Crippen LogP contribution in [0.5, 0.6) is 11.5 Å². The quantitative estimate of drug-likeness (QED) is 0.604. The van der Waals surface area contributed by atoms with Crippen LogP contribution >= 0.6 is 0 Å². The second kappa shape index (κ2) is 6.38. The highest BCUT2D eigenvalue weighted by Gasteiger charge is 2.51. The van der Waals surface area contributed by atoms with E-state index in [0.29, 0.717) is 41.1 Å². The maximum atomic E-state index is 11.4. The van der Waals surface area contributed by atoms with Gasteiger partial charge in [-0.3, -0.25) is 0 Å². The first kappa shape index (κ1) is 18.6. The summed E-state index contributed by atoms with van der Waals surface area (Å²) in [6.45, 7) is 2.40. The van der Waals surface area contributed by atoms with Gasteiger partial charge in [-0.05, 0) is 73.0 Å². The van der Waals surface area contributed by atoms with Gasteiger partial charge in [0, 0.05) is 5.56 Å². The van der Waals surface area contributed by atoms with Gasteiger partial charge in [0.2, 0.25) is 0 Å². The second-order valence-corrected chi connectivity index (χ2v) is 9.53. The normalized spacial score (nSPS) is 33.9. The van der Waals surface area contributed by atoms with E-state index >= 15 is 0 Å². The van der Waals surface area contributed by atoms with Crippen molar-refractivity contribution in [3.63, 3.8) is 0 Å². The van der Waals surface area contributed by atoms with Crippen molar-refractivity contribution in [3.05, 3.63) is 23.3 Å². The lowest BCUT2D eigenvalue weighted by atomic mass is 9.55. The van der Waals surface area contributed by atoms with Crippen LogP contribution in [0.3, 0.4) is 0 Å². The SMILES string of the molecule is COc1cc2c(cc1OS(N)(=O)=O)C(=NO)CC1C2CC[C@]2(C)CCCC12. The van der Waals surface area contributed by atoms with Gasteiger partial charge in [0.05, 0.1) is 12.8 Å². The van der Waals surface area contributed by atoms with Crippen LogP contribution in [-0.2, 0) is 10.3 Å². The second-order valence-electron chi connectivity index (χ2n) is 8.38. The Morgan fingerprint density at radius 1 is 1.26 bits per heavy atom. The average Bonchev–Trinajstić information content (AvgIpc) is 3.01. The summed E-state index contributed by atoms with van der Waals surface area (Å²) in [7, 11) is -2.72. The number of methoxy groups -OCH3 is 1. The Bertz CT molecular complexity index is 898. The van der Waals surface area contributed by atoms with Gasteiger partial charge in [0.25, 0.3) is 0 Å². The molecule has 3 N–H and O–H groups in total. The maximum Gasteiger partial charge on any atom is 0.380 e. The molecule has 0 amide bonds. The Hall–Kier alpha value is -1.80. The molecule has 3 unspecified atom stereocenters. The summed E-state index contributed by atoms with van der Waals surface area (Å²) in [4.78, 5) is 0. The molecule has 8 heteroatoms. The van der Waals surface area contributed by atoms with Crippen molar-refractivity contribution in [2.75, 3.05) is 7.11 Å². The van der Waals surface area contributed by atoms with Gasteiger partial charge in [-0.2, -0.15) is 13.6 Å². The minimum absolute atomic E-state index is 0.0138. The fraction of sp³-hybridized carbons (Fsp3) is 0.632. The Kier molecular flexibility index (Phi) is 4.38. The van der Waals surface area contributed by atoms with E-state index in [1.807, 2.05) is 6.07 Å². The zero-order chi connectivity index (χ0) is 19.4. The molecular formula is C19H26N2O5S. The maximum absolute atomic E-state index is 11.4. The smallest absolute Gasteiger partial charge is 0.380 e. The number of nitrogens with two attached hydrogens (primary N) is 1. The topological polar surface area (TPSA) is 111 Å². The Balaban J connectivity index is 1.81. The zero-order valence-corrected chi connectivity index (χ0v) is 16.5. The largest absolute Gasteiger partial charge is 0.493 e. The van der Waals surface area contributed by atoms with Gasteiger partial charge in [-0.25, -0.2) is 0 Å². The van der Waals surface area contributed by atoms with Crippen molar-refractivity contribution in [2.45, 2.75) is 51.4 Å². The van der Waals surface area contributed by atoms with Crippen LogP contribution in [0.1, 0.15) is 62.5 Å². The lowest BCUT2D eigenvalue weighted by Crippen LogP contribution is -2.41. The van der Waals surface area contributed by atoms with Crippen LogP contribution in [0.4, 0.5) is 0 Å². The first-order valence-electron chi connectivity index (χ1n) is 9.41. The molecule has 4 rings (SSSR count). The van der Waals surface area contributed by atoms with Crippen molar-refractivity contribution in [1.29, 1.82) is 0 Å². The third-order valence-electron chi connectivity index (χ3n) is 7.02. The van der Waals surface area contributed by atoms with E-state index in [1.165, 1.54) is 32.8 Å². The number of hydrogen-bond donors (Lipinski definition) is 2. The Labute approximate surface area is 159 Å². The lowest BCUT2D eigenvalue weighted by Gasteiger charge is -2.49. The van der Waals surface area contributed by atoms with Crippen LogP contribution in [-0.4, -0.2) is 26.4 Å². The molecule has 2 saturated carbocycles. The fourth-order valence-corrected chi connectivity index (χ4v) is 6.24. The van der Waals surface area contributed by atoms with E-state index in [1.54, 1.807) is 6.07 Å². The van der Waals surface area contributed by atoms with E-state index in [9.17, 15) is 13.6 Å². The molecule has 1 aromatic rings. The van der Waals surface area contributed by atoms with Crippen molar-refractivity contribution in [2.24, 2.45) is 27.5 Å². The van der Waals surface area contributed by atoms with Gasteiger partial charge in [-0.1, -0.05) is 18.5 Å². The van der Waals surface area contributed by atoms with Crippen molar-refractivity contribution in [1.82, 2.24) is 0 Å². The van der Waals surface area contributed by atoms with Gasteiger partial charge >= 0.3 is 10.3 Å². The predicted octanol–water partition coefficient (Wildman–Crippen LogP) is 3.16. The molecule has 2 fully saturated rings. The van der Waals surface area contributed by atoms with E-state index in [2.05, 4.69) is 12.1 Å². The number of ether oxygens (including phenoxy) is 1. The molecule has 0 saturated heterocycles. The number of oxime groups is 1. The number of nitrogens with zero attached hydrogens (tertiary/aromatic N) is 1. The summed E-state index contributed by atoms with van der Waals surface area (Å²) in [5, 5.41) is 18.2. The molecule has 0 aromatic heterocycles. The van der Waals surface area contributed by atoms with E-state index in [-0.39, 0.29) is 5.75 Å². The highest BCUT2D eigenvalue weighted by atomic mass is 32.2. The first-order chi connectivity index (χ1) is 12.8. The van der Waals surface area contributed by atoms with Crippen LogP contribution in [0.2, 0.25) is 0 Å². The molecule has 1 aromatic carbocycles. The molecule has 0 heterocycles. The summed E-state index contributed by atoms with van der Waals surface area (Å²) in [5.41, 5.74) is 2.72. The van der Waals surface area contributed by atoms with Crippen LogP contribution in [0.15, 0.2) is 17.3 Å². The zero-order valence-electron chi connectivity index (χ0n) is 15.6. The Morgan fingerprint density at radius 3 is 2.70 bits per heavy atom. The molecule has 27 heavy (non-hydrogen) atoms. The van der Waals surface area contributed by atoms with E-state index < -0.39 is 10.3 Å². The molecule has 148 valence electrons. The van der Waals surface area contributed by atoms with Crippen molar-refractivity contribution < 1.29 is 22.5 Å². The van der Waals surface area contributed by atoms with Gasteiger partial charge in [0.15, 0.2) is 11.5 Å². The number of rotatable bonds is 3. The molecule has 0 aliphatic heterocycles. The van der Waals surface area contributed by atoms with Crippen molar-refractivity contribution in [3.8, 4) is 11.5 Å². The number of hydrogen-bond acceptors (Lipinski definition) is 6. The van der Waals surface area contributed by atoms with Crippen LogP contribution in [0, 0.1) is 17.3 Å². The molecule has 3 aliphatic rings. The van der Waals surface area contributed by atoms with E-state index in [4.69, 9.17) is 14.1 Å². The summed E-state index contributed by atoms with van der Waals surface area (Å²) in [6, 6.07) is 3.40. The number of benzene rings is 1. The van der Waals surface area contributed by atoms with Gasteiger partial charge in [0.1, 0.15) is 0 Å². The third-order valence-corrected chi connectivity index (χ3v) is 7.43. The van der Waals surface area contributed by atoms with Crippen LogP contribution in [0.25, 0.3) is 0 Å². The number of fused-ring (bicyclic) bond motifs is 5. The standard InChI is InChI=1S/C19H26N2O5S/c1-19-6-3-4-15(19)13-8-16(21-22)14-10-18(26-27(20,23)24)17(25-2)9-12(14)11(13)5-7-19/h9-11,13,15,22H,3-8H2,1-2H3,(H2,20,23,24)/t11?,13?,15?,19-/m0/s1. The molecule has 4 atom stereocenters. The summed E-state index contributed by atoms with van der Waals surface area (Å²) in [6.07, 6.45) is 6.69. The molecule has 7 nitrogen and oxygen atoms in total. The first-order valence-corrected chi connectivity index (χ1v) is 10.9. The molecule has 0 spiro atoms. The molecule has 0 radical (unpaired) electrons. The predicted molar refractivity (Wildman–Crippen MR) is 101 cm³/mol. The average molecular weight is 394 g/mol. The Morgan fingerprint density at radius 2 is 2.04 bits per heavy atom. The fourth-order valence-electron chi connectivity index (χ4n) is 5.86. The van der Waals surface area contributed by atoms with Crippen molar-refractivity contribution >= 4 is 16.0 Å². The summed E-state index contributed by atoms with van der Waals surface area (Å²) in [5.74, 6) is 1.73. The summed E-state index contributed by atoms with van der Waals surface area (Å²) >= 11 is 0. The van der Waals surface area contributed by atoms with Gasteiger partial charge < -0.3 is 14.1 Å².